The van der Waals surface area contributed by atoms with Crippen LogP contribution in [0.15, 0.2) is 52.2 Å². The van der Waals surface area contributed by atoms with Gasteiger partial charge >= 0.3 is 0 Å². The van der Waals surface area contributed by atoms with E-state index in [2.05, 4.69) is 14.5 Å². The van der Waals surface area contributed by atoms with Crippen LogP contribution in [-0.4, -0.2) is 77.0 Å². The van der Waals surface area contributed by atoms with Gasteiger partial charge in [0.15, 0.2) is 0 Å². The molecule has 1 saturated heterocycles. The first-order valence-electron chi connectivity index (χ1n) is 12.2. The first-order valence-corrected chi connectivity index (χ1v) is 13.7. The lowest BCUT2D eigenvalue weighted by Crippen LogP contribution is -2.50. The highest BCUT2D eigenvalue weighted by Crippen LogP contribution is 2.34. The van der Waals surface area contributed by atoms with Crippen molar-refractivity contribution < 1.29 is 22.4 Å². The number of likely N-dealkylation sites (N-methyl/N-ethyl adjacent to an activating group) is 1. The van der Waals surface area contributed by atoms with Crippen LogP contribution in [-0.2, 0) is 14.8 Å². The molecule has 0 unspecified atom stereocenters. The first kappa shape index (κ1) is 25.8. The van der Waals surface area contributed by atoms with Crippen molar-refractivity contribution >= 4 is 38.1 Å². The highest BCUT2D eigenvalue weighted by molar-refractivity contribution is 7.92. The van der Waals surface area contributed by atoms with Crippen LogP contribution in [0.2, 0.25) is 0 Å². The molecule has 0 aliphatic carbocycles. The Bertz CT molecular complexity index is 1330. The van der Waals surface area contributed by atoms with Crippen LogP contribution in [0.4, 0.5) is 11.4 Å². The second kappa shape index (κ2) is 10.8. The largest absolute Gasteiger partial charge is 0.495 e. The number of rotatable bonds is 9. The fourth-order valence-corrected chi connectivity index (χ4v) is 5.90. The van der Waals surface area contributed by atoms with E-state index in [0.717, 1.165) is 35.1 Å². The third kappa shape index (κ3) is 5.44. The van der Waals surface area contributed by atoms with E-state index in [1.54, 1.807) is 30.7 Å². The highest BCUT2D eigenvalue weighted by atomic mass is 32.2. The zero-order valence-corrected chi connectivity index (χ0v) is 22.1. The summed E-state index contributed by atoms with van der Waals surface area (Å²) in [4.78, 5) is 18.8. The van der Waals surface area contributed by atoms with E-state index in [4.69, 9.17) is 9.15 Å². The minimum Gasteiger partial charge on any atom is -0.495 e. The van der Waals surface area contributed by atoms with Crippen molar-refractivity contribution in [2.75, 3.05) is 62.5 Å². The van der Waals surface area contributed by atoms with Crippen LogP contribution in [0.25, 0.3) is 10.8 Å². The van der Waals surface area contributed by atoms with Gasteiger partial charge in [-0.05, 0) is 50.6 Å². The lowest BCUT2D eigenvalue weighted by atomic mass is 10.1. The van der Waals surface area contributed by atoms with Crippen LogP contribution >= 0.6 is 0 Å². The molecule has 1 aliphatic rings. The van der Waals surface area contributed by atoms with Gasteiger partial charge in [-0.1, -0.05) is 6.07 Å². The van der Waals surface area contributed by atoms with E-state index in [1.807, 2.05) is 37.8 Å². The lowest BCUT2D eigenvalue weighted by molar-refractivity contribution is -0.132. The van der Waals surface area contributed by atoms with Crippen molar-refractivity contribution in [1.82, 2.24) is 9.80 Å². The van der Waals surface area contributed by atoms with E-state index in [0.29, 0.717) is 38.4 Å². The summed E-state index contributed by atoms with van der Waals surface area (Å²) in [5.74, 6) is 0.432. The number of benzene rings is 2. The summed E-state index contributed by atoms with van der Waals surface area (Å²) in [5, 5.41) is 1.72. The van der Waals surface area contributed by atoms with Crippen LogP contribution in [0, 0.1) is 6.92 Å². The number of sulfonamides is 1. The van der Waals surface area contributed by atoms with Crippen molar-refractivity contribution in [3.05, 3.63) is 48.4 Å². The van der Waals surface area contributed by atoms with Gasteiger partial charge in [-0.3, -0.25) is 14.4 Å². The molecule has 0 spiro atoms. The number of ether oxygens (including phenoxy) is 1. The Kier molecular flexibility index (Phi) is 7.75. The van der Waals surface area contributed by atoms with Gasteiger partial charge < -0.3 is 19.0 Å². The number of piperazine rings is 1. The molecule has 0 atom stereocenters. The molecular formula is C26H34N4O5S. The van der Waals surface area contributed by atoms with E-state index in [9.17, 15) is 13.2 Å². The number of fused-ring (bicyclic) bond motifs is 1. The van der Waals surface area contributed by atoms with Gasteiger partial charge in [-0.25, -0.2) is 8.42 Å². The summed E-state index contributed by atoms with van der Waals surface area (Å²) in [6, 6.07) is 8.66. The molecule has 4 rings (SSSR count). The molecule has 1 fully saturated rings. The molecule has 2 heterocycles. The van der Waals surface area contributed by atoms with Gasteiger partial charge in [-0.15, -0.1) is 0 Å². The summed E-state index contributed by atoms with van der Waals surface area (Å²) in [5.41, 5.74) is 2.16. The predicted molar refractivity (Wildman–Crippen MR) is 141 cm³/mol. The molecule has 3 aromatic rings. The summed E-state index contributed by atoms with van der Waals surface area (Å²) in [6.45, 7) is 10.6. The van der Waals surface area contributed by atoms with Gasteiger partial charge in [0.25, 0.3) is 10.0 Å². The van der Waals surface area contributed by atoms with Crippen LogP contribution < -0.4 is 14.4 Å². The van der Waals surface area contributed by atoms with Crippen molar-refractivity contribution in [3.63, 3.8) is 0 Å². The number of carbonyl (C=O) groups is 1. The molecular weight excluding hydrogens is 480 g/mol. The van der Waals surface area contributed by atoms with Gasteiger partial charge in [-0.2, -0.15) is 0 Å². The number of anilines is 2. The standard InChI is InChI=1S/C26H34N4O5S/c1-5-29(6-2)26(31)16-28-9-11-30(12-10-28)23-15-21(14-20-17-35-18-22(20)23)27-36(32,33)25-13-19(3)7-8-24(25)34-4/h7-8,13-15,17-18,27H,5-6,9-12,16H2,1-4H3. The molecule has 1 amide bonds. The number of nitrogens with zero attached hydrogens (tertiary/aromatic N) is 3. The molecule has 0 radical (unpaired) electrons. The molecule has 0 bridgehead atoms. The number of hydrogen-bond donors (Lipinski definition) is 1. The third-order valence-corrected chi connectivity index (χ3v) is 8.02. The average Bonchev–Trinajstić information content (AvgIpc) is 3.33. The first-order chi connectivity index (χ1) is 17.2. The molecule has 1 aliphatic heterocycles. The fourth-order valence-electron chi connectivity index (χ4n) is 4.60. The number of methoxy groups -OCH3 is 1. The number of furan rings is 1. The molecule has 1 aromatic heterocycles. The summed E-state index contributed by atoms with van der Waals surface area (Å²) in [6.07, 6.45) is 3.30. The van der Waals surface area contributed by atoms with Crippen molar-refractivity contribution in [2.24, 2.45) is 0 Å². The Balaban J connectivity index is 1.55. The van der Waals surface area contributed by atoms with Gasteiger partial charge in [0, 0.05) is 55.7 Å². The van der Waals surface area contributed by atoms with Gasteiger partial charge in [0.05, 0.1) is 25.6 Å². The predicted octanol–water partition coefficient (Wildman–Crippen LogP) is 3.54. The maximum Gasteiger partial charge on any atom is 0.265 e. The zero-order valence-electron chi connectivity index (χ0n) is 21.3. The molecule has 194 valence electrons. The number of hydrogen-bond acceptors (Lipinski definition) is 7. The fraction of sp³-hybridized carbons (Fsp3) is 0.423. The smallest absolute Gasteiger partial charge is 0.265 e. The van der Waals surface area contributed by atoms with E-state index in [-0.39, 0.29) is 16.6 Å². The molecule has 9 nitrogen and oxygen atoms in total. The minimum absolute atomic E-state index is 0.0883. The van der Waals surface area contributed by atoms with E-state index < -0.39 is 10.0 Å². The quantitative estimate of drug-likeness (QED) is 0.467. The van der Waals surface area contributed by atoms with Crippen LogP contribution in [0.1, 0.15) is 19.4 Å². The maximum atomic E-state index is 13.3. The Hall–Kier alpha value is -3.24. The SMILES string of the molecule is CCN(CC)C(=O)CN1CCN(c2cc(NS(=O)(=O)c3cc(C)ccc3OC)cc3cocc23)CC1. The topological polar surface area (TPSA) is 95.3 Å². The van der Waals surface area contributed by atoms with Gasteiger partial charge in [0.1, 0.15) is 16.9 Å². The van der Waals surface area contributed by atoms with Crippen LogP contribution in [0.3, 0.4) is 0 Å². The number of aryl methyl sites for hydroxylation is 1. The average molecular weight is 515 g/mol. The Morgan fingerprint density at radius 1 is 1.08 bits per heavy atom. The van der Waals surface area contributed by atoms with E-state index in [1.165, 1.54) is 7.11 Å². The normalized spacial score (nSPS) is 14.7. The summed E-state index contributed by atoms with van der Waals surface area (Å²) >= 11 is 0. The monoisotopic (exact) mass is 514 g/mol. The molecule has 1 N–H and O–H groups in total. The van der Waals surface area contributed by atoms with Crippen molar-refractivity contribution in [3.8, 4) is 5.75 Å². The summed E-state index contributed by atoms with van der Waals surface area (Å²) in [7, 11) is -2.43. The van der Waals surface area contributed by atoms with E-state index >= 15 is 0 Å². The summed E-state index contributed by atoms with van der Waals surface area (Å²) < 4.78 is 40.0. The van der Waals surface area contributed by atoms with Gasteiger partial charge in [0.2, 0.25) is 5.91 Å². The Morgan fingerprint density at radius 3 is 2.47 bits per heavy atom. The zero-order chi connectivity index (χ0) is 25.9. The molecule has 0 saturated carbocycles. The third-order valence-electron chi connectivity index (χ3n) is 6.62. The maximum absolute atomic E-state index is 13.3. The number of carbonyl (C=O) groups excluding carboxylic acids is 1. The highest BCUT2D eigenvalue weighted by Gasteiger charge is 2.24. The second-order valence-corrected chi connectivity index (χ2v) is 10.6. The number of nitrogens with one attached hydrogen (secondary N) is 1. The van der Waals surface area contributed by atoms with Crippen molar-refractivity contribution in [1.29, 1.82) is 0 Å². The molecule has 2 aromatic carbocycles. The minimum atomic E-state index is -3.89. The second-order valence-electron chi connectivity index (χ2n) is 8.96. The molecule has 10 heteroatoms. The lowest BCUT2D eigenvalue weighted by Gasteiger charge is -2.37. The Morgan fingerprint density at radius 2 is 1.81 bits per heavy atom. The van der Waals surface area contributed by atoms with Crippen molar-refractivity contribution in [2.45, 2.75) is 25.7 Å². The number of amides is 1. The van der Waals surface area contributed by atoms with Crippen LogP contribution in [0.5, 0.6) is 5.75 Å². The molecule has 36 heavy (non-hydrogen) atoms. The Labute approximate surface area is 212 Å².